The Morgan fingerprint density at radius 1 is 1.42 bits per heavy atom. The molecule has 0 amide bonds. The second-order valence-electron chi connectivity index (χ2n) is 3.96. The molecule has 1 heterocycles. The van der Waals surface area contributed by atoms with Gasteiger partial charge in [-0.05, 0) is 18.6 Å². The normalized spacial score (nSPS) is 15.1. The highest BCUT2D eigenvalue weighted by molar-refractivity contribution is 5.49. The van der Waals surface area contributed by atoms with Crippen LogP contribution in [-0.2, 0) is 0 Å². The van der Waals surface area contributed by atoms with Gasteiger partial charge in [-0.15, -0.1) is 0 Å². The fourth-order valence-electron chi connectivity index (χ4n) is 1.57. The van der Waals surface area contributed by atoms with Crippen LogP contribution in [0.5, 0.6) is 5.88 Å². The van der Waals surface area contributed by atoms with E-state index < -0.39 is 17.4 Å². The number of hydrogen-bond acceptors (Lipinski definition) is 4. The van der Waals surface area contributed by atoms with Crippen LogP contribution < -0.4 is 16.0 Å². The Balaban J connectivity index is 2.28. The number of anilines is 1. The Morgan fingerprint density at radius 3 is 2.89 bits per heavy atom. The first-order valence-corrected chi connectivity index (χ1v) is 5.64. The molecular weight excluding hydrogens is 252 g/mol. The lowest BCUT2D eigenvalue weighted by Gasteiger charge is -2.10. The molecule has 0 aromatic carbocycles. The molecule has 2 rings (SSSR count). The van der Waals surface area contributed by atoms with Crippen LogP contribution in [0.15, 0.2) is 47.9 Å². The van der Waals surface area contributed by atoms with E-state index >= 15 is 0 Å². The lowest BCUT2D eigenvalue weighted by molar-refractivity contribution is 0.363. The zero-order valence-electron chi connectivity index (χ0n) is 10.3. The number of allylic oxidation sites excluding steroid dienone is 5. The molecule has 19 heavy (non-hydrogen) atoms. The van der Waals surface area contributed by atoms with Gasteiger partial charge in [-0.1, -0.05) is 12.2 Å². The van der Waals surface area contributed by atoms with Crippen molar-refractivity contribution in [1.29, 1.82) is 0 Å². The Labute approximate surface area is 109 Å². The number of pyridine rings is 1. The smallest absolute Gasteiger partial charge is 0.219 e. The first-order chi connectivity index (χ1) is 9.11. The van der Waals surface area contributed by atoms with Crippen molar-refractivity contribution >= 4 is 5.69 Å². The van der Waals surface area contributed by atoms with E-state index in [4.69, 9.17) is 10.6 Å². The number of halogens is 2. The number of nitrogens with one attached hydrogen (secondary N) is 1. The van der Waals surface area contributed by atoms with Gasteiger partial charge in [0.25, 0.3) is 0 Å². The third kappa shape index (κ3) is 2.97. The summed E-state index contributed by atoms with van der Waals surface area (Å²) >= 11 is 0. The summed E-state index contributed by atoms with van der Waals surface area (Å²) in [6, 6.07) is 1.54. The highest BCUT2D eigenvalue weighted by Crippen LogP contribution is 2.27. The Kier molecular flexibility index (Phi) is 3.91. The van der Waals surface area contributed by atoms with Crippen LogP contribution in [0.2, 0.25) is 0 Å². The van der Waals surface area contributed by atoms with Crippen molar-refractivity contribution in [3.63, 3.8) is 0 Å². The van der Waals surface area contributed by atoms with Crippen LogP contribution in [-0.4, -0.2) is 4.98 Å². The van der Waals surface area contributed by atoms with E-state index in [1.54, 1.807) is 13.0 Å². The quantitative estimate of drug-likeness (QED) is 0.651. The molecule has 0 fully saturated rings. The second kappa shape index (κ2) is 5.62. The standard InChI is InChI=1S/C13H13F2N3O/c1-8-6-12(17-7-11(8)18-16)19-13-9(14)4-2-3-5-10(13)15/h2-4,6-7,18H,5,16H2,1H3. The number of nitrogens with zero attached hydrogens (tertiary/aromatic N) is 1. The minimum Gasteiger partial charge on any atom is -0.433 e. The van der Waals surface area contributed by atoms with E-state index in [0.29, 0.717) is 5.69 Å². The van der Waals surface area contributed by atoms with Crippen molar-refractivity contribution in [3.05, 3.63) is 53.5 Å². The summed E-state index contributed by atoms with van der Waals surface area (Å²) in [7, 11) is 0. The maximum atomic E-state index is 13.7. The Hall–Kier alpha value is -2.21. The predicted molar refractivity (Wildman–Crippen MR) is 68.5 cm³/mol. The number of ether oxygens (including phenoxy) is 1. The highest BCUT2D eigenvalue weighted by atomic mass is 19.1. The zero-order chi connectivity index (χ0) is 13.8. The lowest BCUT2D eigenvalue weighted by Crippen LogP contribution is -2.09. The average Bonchev–Trinajstić information content (AvgIpc) is 2.54. The van der Waals surface area contributed by atoms with Gasteiger partial charge in [0.15, 0.2) is 11.6 Å². The summed E-state index contributed by atoms with van der Waals surface area (Å²) in [6.07, 6.45) is 5.50. The third-order valence-electron chi connectivity index (χ3n) is 2.59. The van der Waals surface area contributed by atoms with E-state index in [-0.39, 0.29) is 12.3 Å². The first-order valence-electron chi connectivity index (χ1n) is 5.64. The molecule has 1 aromatic heterocycles. The van der Waals surface area contributed by atoms with Crippen LogP contribution in [0.4, 0.5) is 14.5 Å². The number of nitrogen functional groups attached to an aromatic ring is 1. The largest absolute Gasteiger partial charge is 0.433 e. The third-order valence-corrected chi connectivity index (χ3v) is 2.59. The van der Waals surface area contributed by atoms with Gasteiger partial charge in [-0.3, -0.25) is 5.84 Å². The Morgan fingerprint density at radius 2 is 2.21 bits per heavy atom. The van der Waals surface area contributed by atoms with E-state index in [0.717, 1.165) is 11.6 Å². The molecule has 0 saturated carbocycles. The summed E-state index contributed by atoms with van der Waals surface area (Å²) in [6.45, 7) is 1.77. The molecule has 0 atom stereocenters. The number of hydrogen-bond donors (Lipinski definition) is 2. The summed E-state index contributed by atoms with van der Waals surface area (Å²) in [5, 5.41) is 0. The summed E-state index contributed by atoms with van der Waals surface area (Å²) in [5.74, 6) is 3.49. The first kappa shape index (κ1) is 13.2. The number of hydrazine groups is 1. The molecule has 0 spiro atoms. The lowest BCUT2D eigenvalue weighted by atomic mass is 10.2. The predicted octanol–water partition coefficient (Wildman–Crippen LogP) is 3.05. The molecular formula is C13H13F2N3O. The van der Waals surface area contributed by atoms with E-state index in [1.165, 1.54) is 18.3 Å². The minimum absolute atomic E-state index is 0.0132. The minimum atomic E-state index is -0.772. The van der Waals surface area contributed by atoms with E-state index in [9.17, 15) is 8.78 Å². The van der Waals surface area contributed by atoms with Crippen LogP contribution in [0, 0.1) is 6.92 Å². The van der Waals surface area contributed by atoms with Crippen molar-refractivity contribution < 1.29 is 13.5 Å². The van der Waals surface area contributed by atoms with Gasteiger partial charge in [0, 0.05) is 12.5 Å². The van der Waals surface area contributed by atoms with Crippen molar-refractivity contribution in [2.75, 3.05) is 5.43 Å². The maximum absolute atomic E-state index is 13.7. The summed E-state index contributed by atoms with van der Waals surface area (Å²) in [5.41, 5.74) is 3.82. The molecule has 1 aliphatic carbocycles. The van der Waals surface area contributed by atoms with Gasteiger partial charge in [-0.25, -0.2) is 13.8 Å². The molecule has 6 heteroatoms. The van der Waals surface area contributed by atoms with Crippen molar-refractivity contribution in [2.24, 2.45) is 5.84 Å². The van der Waals surface area contributed by atoms with Crippen LogP contribution in [0.1, 0.15) is 12.0 Å². The van der Waals surface area contributed by atoms with Gasteiger partial charge in [0.1, 0.15) is 5.83 Å². The number of aryl methyl sites for hydroxylation is 1. The molecule has 0 radical (unpaired) electrons. The number of nitrogens with two attached hydrogens (primary N) is 1. The number of rotatable bonds is 3. The molecule has 0 bridgehead atoms. The molecule has 4 nitrogen and oxygen atoms in total. The summed E-state index contributed by atoms with van der Waals surface area (Å²) in [4.78, 5) is 3.92. The van der Waals surface area contributed by atoms with E-state index in [2.05, 4.69) is 10.4 Å². The topological polar surface area (TPSA) is 60.2 Å². The molecule has 1 aromatic rings. The molecule has 0 aliphatic heterocycles. The van der Waals surface area contributed by atoms with Gasteiger partial charge < -0.3 is 10.2 Å². The van der Waals surface area contributed by atoms with Crippen LogP contribution in [0.25, 0.3) is 0 Å². The molecule has 3 N–H and O–H groups in total. The summed E-state index contributed by atoms with van der Waals surface area (Å²) < 4.78 is 32.5. The van der Waals surface area contributed by atoms with Gasteiger partial charge in [-0.2, -0.15) is 0 Å². The van der Waals surface area contributed by atoms with Gasteiger partial charge in [0.05, 0.1) is 11.9 Å². The van der Waals surface area contributed by atoms with E-state index in [1.807, 2.05) is 0 Å². The van der Waals surface area contributed by atoms with Crippen LogP contribution >= 0.6 is 0 Å². The second-order valence-corrected chi connectivity index (χ2v) is 3.96. The SMILES string of the molecule is Cc1cc(OC2=C(F)CC=CC=C2F)ncc1NN. The highest BCUT2D eigenvalue weighted by Gasteiger charge is 2.16. The molecule has 0 unspecified atom stereocenters. The van der Waals surface area contributed by atoms with Gasteiger partial charge in [0.2, 0.25) is 5.88 Å². The van der Waals surface area contributed by atoms with Crippen molar-refractivity contribution in [3.8, 4) is 5.88 Å². The van der Waals surface area contributed by atoms with Crippen molar-refractivity contribution in [2.45, 2.75) is 13.3 Å². The zero-order valence-corrected chi connectivity index (χ0v) is 10.3. The number of aromatic nitrogens is 1. The molecule has 1 aliphatic rings. The van der Waals surface area contributed by atoms with Crippen LogP contribution in [0.3, 0.4) is 0 Å². The maximum Gasteiger partial charge on any atom is 0.219 e. The average molecular weight is 265 g/mol. The molecule has 0 saturated heterocycles. The van der Waals surface area contributed by atoms with Crippen molar-refractivity contribution in [1.82, 2.24) is 4.98 Å². The fourth-order valence-corrected chi connectivity index (χ4v) is 1.57. The van der Waals surface area contributed by atoms with Gasteiger partial charge >= 0.3 is 0 Å². The Bertz CT molecular complexity index is 579. The fraction of sp³-hybridized carbons (Fsp3) is 0.154. The monoisotopic (exact) mass is 265 g/mol. The molecule has 100 valence electrons.